The molecule has 0 N–H and O–H groups in total. The molecule has 7 aromatic carbocycles. The number of carbonyl (C=O) groups excluding carboxylic acids is 2. The van der Waals surface area contributed by atoms with E-state index in [1.165, 1.54) is 0 Å². The number of para-hydroxylation sites is 4. The Bertz CT molecular complexity index is 3400. The van der Waals surface area contributed by atoms with E-state index in [9.17, 15) is 0 Å². The number of carbonyl (C=O) groups is 2. The molecular formula is C60H41N7O2. The monoisotopic (exact) mass is 891 g/mol. The van der Waals surface area contributed by atoms with Gasteiger partial charge >= 0.3 is 0 Å². The van der Waals surface area contributed by atoms with Crippen LogP contribution in [0.3, 0.4) is 0 Å². The second-order valence-corrected chi connectivity index (χ2v) is 16.3. The highest BCUT2D eigenvalue weighted by Crippen LogP contribution is 2.36. The molecule has 0 spiro atoms. The number of nitrogens with zero attached hydrogens (tertiary/aromatic N) is 7. The van der Waals surface area contributed by atoms with E-state index in [0.29, 0.717) is 34.1 Å². The second-order valence-electron chi connectivity index (χ2n) is 16.3. The van der Waals surface area contributed by atoms with Crippen molar-refractivity contribution in [2.75, 3.05) is 9.80 Å². The maximum absolute atomic E-state index is 15.6. The smallest absolute Gasteiger partial charge is 0.262 e. The zero-order chi connectivity index (χ0) is 46.5. The predicted octanol–water partition coefficient (Wildman–Crippen LogP) is 13.8. The Balaban J connectivity index is 1.09. The highest BCUT2D eigenvalue weighted by molar-refractivity contribution is 6.15. The molecule has 0 aliphatic heterocycles. The minimum atomic E-state index is -0.337. The molecule has 9 heteroatoms. The van der Waals surface area contributed by atoms with Gasteiger partial charge in [0.05, 0.1) is 28.1 Å². The first-order valence-electron chi connectivity index (χ1n) is 22.5. The minimum Gasteiger partial charge on any atom is -0.292 e. The average Bonchev–Trinajstić information content (AvgIpc) is 3.82. The lowest BCUT2D eigenvalue weighted by molar-refractivity contribution is 0.0998. The number of hydrogen-bond donors (Lipinski definition) is 0. The Kier molecular flexibility index (Phi) is 11.4. The van der Waals surface area contributed by atoms with E-state index in [-0.39, 0.29) is 22.9 Å². The van der Waals surface area contributed by atoms with Crippen molar-refractivity contribution < 1.29 is 9.59 Å². The van der Waals surface area contributed by atoms with Crippen LogP contribution in [0.4, 0.5) is 22.7 Å². The number of fused-ring (bicyclic) bond motifs is 1. The number of amides is 2. The summed E-state index contributed by atoms with van der Waals surface area (Å²) in [5, 5.41) is 0. The fraction of sp³-hybridized carbons (Fsp3) is 0. The van der Waals surface area contributed by atoms with E-state index in [2.05, 4.69) is 19.5 Å². The summed E-state index contributed by atoms with van der Waals surface area (Å²) in [6.07, 6.45) is 5.30. The van der Waals surface area contributed by atoms with Crippen LogP contribution in [0.5, 0.6) is 0 Å². The van der Waals surface area contributed by atoms with E-state index < -0.39 is 0 Å². The normalized spacial score (nSPS) is 11.0. The first-order valence-corrected chi connectivity index (χ1v) is 22.5. The largest absolute Gasteiger partial charge is 0.292 e. The summed E-state index contributed by atoms with van der Waals surface area (Å²) in [6.45, 7) is 0. The SMILES string of the molecule is O=C(c1cc(C(=O)N(c2ccccc2)c2ccc(-c3ccccn3)cc2)cc(-c2nc3ccccc3n2-c2ccc(-c3ccccn3)cc2)c1)N(c1ccccc1)c1ccc(-c2ccccn2)cc1. The number of pyridine rings is 3. The van der Waals surface area contributed by atoms with Gasteiger partial charge in [0.1, 0.15) is 5.82 Å². The van der Waals surface area contributed by atoms with Crippen molar-refractivity contribution in [1.82, 2.24) is 24.5 Å². The van der Waals surface area contributed by atoms with E-state index >= 15 is 9.59 Å². The van der Waals surface area contributed by atoms with Crippen LogP contribution < -0.4 is 9.80 Å². The lowest BCUT2D eigenvalue weighted by Gasteiger charge is -2.26. The molecule has 11 aromatic rings. The highest BCUT2D eigenvalue weighted by Gasteiger charge is 2.27. The summed E-state index contributed by atoms with van der Waals surface area (Å²) < 4.78 is 2.08. The molecule has 0 fully saturated rings. The Hall–Kier alpha value is -9.60. The van der Waals surface area contributed by atoms with Crippen LogP contribution in [0.15, 0.2) is 249 Å². The standard InChI is InChI=1S/C60H41N7O2/c68-59(65(48-15-3-1-4-16-48)50-30-24-42(25-31-50)53-19-9-12-36-61-53)46-39-45(58-64-56-22-7-8-23-57(56)67(58)52-34-28-44(29-35-52)55-21-11-14-38-63-55)40-47(41-46)60(69)66(49-17-5-2-6-18-49)51-32-26-43(27-33-51)54-20-10-13-37-62-54/h1-41H. The zero-order valence-corrected chi connectivity index (χ0v) is 37.1. The van der Waals surface area contributed by atoms with Gasteiger partial charge in [0.2, 0.25) is 0 Å². The van der Waals surface area contributed by atoms with Crippen LogP contribution in [0.25, 0.3) is 61.9 Å². The number of rotatable bonds is 11. The van der Waals surface area contributed by atoms with Gasteiger partial charge in [-0.25, -0.2) is 4.98 Å². The van der Waals surface area contributed by atoms with Crippen molar-refractivity contribution >= 4 is 45.6 Å². The van der Waals surface area contributed by atoms with Crippen LogP contribution in [-0.4, -0.2) is 36.3 Å². The minimum absolute atomic E-state index is 0.288. The lowest BCUT2D eigenvalue weighted by Crippen LogP contribution is -2.28. The van der Waals surface area contributed by atoms with Gasteiger partial charge in [0, 0.05) is 80.4 Å². The Morgan fingerprint density at radius 1 is 0.362 bits per heavy atom. The van der Waals surface area contributed by atoms with Crippen LogP contribution in [-0.2, 0) is 0 Å². The van der Waals surface area contributed by atoms with Crippen molar-refractivity contribution in [3.63, 3.8) is 0 Å². The molecular weight excluding hydrogens is 851 g/mol. The Morgan fingerprint density at radius 3 is 1.19 bits per heavy atom. The lowest BCUT2D eigenvalue weighted by atomic mass is 10.0. The van der Waals surface area contributed by atoms with Crippen LogP contribution in [0.1, 0.15) is 20.7 Å². The molecule has 0 atom stereocenters. The number of imidazole rings is 1. The van der Waals surface area contributed by atoms with E-state index in [4.69, 9.17) is 4.98 Å². The Labute approximate surface area is 398 Å². The second kappa shape index (κ2) is 18.7. The third kappa shape index (κ3) is 8.55. The molecule has 4 aromatic heterocycles. The first-order chi connectivity index (χ1) is 34.1. The number of hydrogen-bond acceptors (Lipinski definition) is 6. The predicted molar refractivity (Wildman–Crippen MR) is 275 cm³/mol. The first kappa shape index (κ1) is 42.1. The molecule has 0 bridgehead atoms. The van der Waals surface area contributed by atoms with Gasteiger partial charge in [0.25, 0.3) is 11.8 Å². The van der Waals surface area contributed by atoms with Crippen LogP contribution >= 0.6 is 0 Å². The highest BCUT2D eigenvalue weighted by atomic mass is 16.2. The van der Waals surface area contributed by atoms with Gasteiger partial charge in [0.15, 0.2) is 0 Å². The summed E-state index contributed by atoms with van der Waals surface area (Å²) in [5.41, 5.74) is 11.5. The molecule has 0 unspecified atom stereocenters. The van der Waals surface area contributed by atoms with Crippen LogP contribution in [0.2, 0.25) is 0 Å². The molecule has 0 saturated heterocycles. The van der Waals surface area contributed by atoms with Crippen molar-refractivity contribution in [3.8, 4) is 50.8 Å². The molecule has 2 amide bonds. The summed E-state index contributed by atoms with van der Waals surface area (Å²) in [5.74, 6) is -0.116. The van der Waals surface area contributed by atoms with Gasteiger partial charge in [-0.05, 0) is 127 Å². The fourth-order valence-corrected chi connectivity index (χ4v) is 8.61. The van der Waals surface area contributed by atoms with Crippen molar-refractivity contribution in [2.45, 2.75) is 0 Å². The number of benzene rings is 7. The van der Waals surface area contributed by atoms with Crippen molar-refractivity contribution in [2.24, 2.45) is 0 Å². The van der Waals surface area contributed by atoms with E-state index in [0.717, 1.165) is 50.5 Å². The zero-order valence-electron chi connectivity index (χ0n) is 37.1. The maximum Gasteiger partial charge on any atom is 0.262 e. The quantitative estimate of drug-likeness (QED) is 0.128. The molecule has 0 aliphatic rings. The van der Waals surface area contributed by atoms with Gasteiger partial charge in [-0.2, -0.15) is 0 Å². The molecule has 0 radical (unpaired) electrons. The van der Waals surface area contributed by atoms with Gasteiger partial charge in [-0.15, -0.1) is 0 Å². The Morgan fingerprint density at radius 2 is 0.754 bits per heavy atom. The molecule has 11 rings (SSSR count). The summed E-state index contributed by atoms with van der Waals surface area (Å²) in [7, 11) is 0. The molecule has 328 valence electrons. The maximum atomic E-state index is 15.6. The summed E-state index contributed by atoms with van der Waals surface area (Å²) in [6, 6.07) is 73.5. The van der Waals surface area contributed by atoms with Crippen molar-refractivity contribution in [3.05, 3.63) is 260 Å². The molecule has 9 nitrogen and oxygen atoms in total. The molecule has 4 heterocycles. The third-order valence-corrected chi connectivity index (χ3v) is 11.9. The van der Waals surface area contributed by atoms with Crippen LogP contribution in [0, 0.1) is 0 Å². The molecule has 0 saturated carbocycles. The number of anilines is 4. The van der Waals surface area contributed by atoms with Gasteiger partial charge in [-0.3, -0.25) is 38.9 Å². The topological polar surface area (TPSA) is 97.1 Å². The molecule has 0 aliphatic carbocycles. The average molecular weight is 892 g/mol. The number of aromatic nitrogens is 5. The van der Waals surface area contributed by atoms with E-state index in [1.807, 2.05) is 224 Å². The van der Waals surface area contributed by atoms with E-state index in [1.54, 1.807) is 34.5 Å². The van der Waals surface area contributed by atoms with Gasteiger partial charge in [-0.1, -0.05) is 103 Å². The van der Waals surface area contributed by atoms with Gasteiger partial charge < -0.3 is 0 Å². The van der Waals surface area contributed by atoms with Crippen molar-refractivity contribution in [1.29, 1.82) is 0 Å². The molecule has 69 heavy (non-hydrogen) atoms. The fourth-order valence-electron chi connectivity index (χ4n) is 8.61. The summed E-state index contributed by atoms with van der Waals surface area (Å²) >= 11 is 0. The summed E-state index contributed by atoms with van der Waals surface area (Å²) in [4.78, 5) is 53.4. The third-order valence-electron chi connectivity index (χ3n) is 11.9.